The molecule has 3 aromatic heterocycles. The highest BCUT2D eigenvalue weighted by molar-refractivity contribution is 6.03. The highest BCUT2D eigenvalue weighted by atomic mass is 16.4. The number of hydrogen-bond acceptors (Lipinski definition) is 5. The van der Waals surface area contributed by atoms with Crippen molar-refractivity contribution in [3.05, 3.63) is 66.5 Å². The number of hydrogen-bond donors (Lipinski definition) is 1. The van der Waals surface area contributed by atoms with E-state index in [2.05, 4.69) is 53.3 Å². The summed E-state index contributed by atoms with van der Waals surface area (Å²) in [6, 6.07) is 16.8. The number of aliphatic carboxylic acids is 1. The second kappa shape index (κ2) is 8.16. The molecule has 2 bridgehead atoms. The van der Waals surface area contributed by atoms with E-state index >= 15 is 0 Å². The zero-order valence-electron chi connectivity index (χ0n) is 20.9. The molecule has 2 saturated heterocycles. The Morgan fingerprint density at radius 2 is 1.89 bits per heavy atom. The molecule has 186 valence electrons. The van der Waals surface area contributed by atoms with Gasteiger partial charge in [-0.3, -0.25) is 9.48 Å². The number of rotatable bonds is 4. The van der Waals surface area contributed by atoms with Crippen molar-refractivity contribution in [1.82, 2.24) is 24.5 Å². The van der Waals surface area contributed by atoms with Crippen LogP contribution in [0.4, 0.5) is 5.82 Å². The maximum absolute atomic E-state index is 11.7. The fourth-order valence-electron chi connectivity index (χ4n) is 6.46. The second-order valence-electron chi connectivity index (χ2n) is 10.5. The molecule has 8 nitrogen and oxygen atoms in total. The number of carboxylic acids is 1. The first-order valence-corrected chi connectivity index (χ1v) is 12.8. The van der Waals surface area contributed by atoms with Crippen molar-refractivity contribution in [3.8, 4) is 16.9 Å². The first-order valence-electron chi connectivity index (χ1n) is 12.8. The number of aromatic nitrogens is 5. The number of carboxylic acid groups (broad SMARTS) is 1. The number of fused-ring (bicyclic) bond motifs is 5. The fraction of sp³-hybridized carbons (Fsp3) is 0.310. The van der Waals surface area contributed by atoms with Gasteiger partial charge in [-0.1, -0.05) is 30.3 Å². The van der Waals surface area contributed by atoms with Gasteiger partial charge in [-0.05, 0) is 55.9 Å². The van der Waals surface area contributed by atoms with Crippen LogP contribution < -0.4 is 4.90 Å². The Morgan fingerprint density at radius 3 is 2.65 bits per heavy atom. The third-order valence-electron chi connectivity index (χ3n) is 8.25. The van der Waals surface area contributed by atoms with Crippen LogP contribution in [-0.4, -0.2) is 48.2 Å². The van der Waals surface area contributed by atoms with Crippen molar-refractivity contribution in [1.29, 1.82) is 0 Å². The highest BCUT2D eigenvalue weighted by Crippen LogP contribution is 2.41. The molecule has 5 heterocycles. The van der Waals surface area contributed by atoms with Crippen molar-refractivity contribution in [2.24, 2.45) is 18.9 Å². The average Bonchev–Trinajstić information content (AvgIpc) is 3.50. The average molecular weight is 493 g/mol. The smallest absolute Gasteiger partial charge is 0.306 e. The Hall–Kier alpha value is -4.20. The zero-order chi connectivity index (χ0) is 25.3. The van der Waals surface area contributed by atoms with Gasteiger partial charge in [-0.2, -0.15) is 10.2 Å². The number of anilines is 1. The van der Waals surface area contributed by atoms with Gasteiger partial charge in [0, 0.05) is 42.2 Å². The maximum Gasteiger partial charge on any atom is 0.306 e. The molecule has 8 rings (SSSR count). The van der Waals surface area contributed by atoms with Crippen LogP contribution in [0.3, 0.4) is 0 Å². The number of aryl methyl sites for hydroxylation is 2. The van der Waals surface area contributed by atoms with E-state index in [4.69, 9.17) is 10.1 Å². The van der Waals surface area contributed by atoms with Gasteiger partial charge in [-0.15, -0.1) is 0 Å². The molecule has 37 heavy (non-hydrogen) atoms. The molecule has 1 aliphatic carbocycles. The van der Waals surface area contributed by atoms with Gasteiger partial charge in [-0.25, -0.2) is 9.67 Å². The number of para-hydroxylation sites is 1. The second-order valence-corrected chi connectivity index (χ2v) is 10.5. The summed E-state index contributed by atoms with van der Waals surface area (Å²) < 4.78 is 3.84. The predicted molar refractivity (Wildman–Crippen MR) is 143 cm³/mol. The SMILES string of the molecule is Cc1cccc2c(-c3cccc4nn(C)cc34)nn(-c3ccc(N4C[C@@H]5CCC4C[C@@H]5C(=O)O)nc3)c12. The van der Waals surface area contributed by atoms with Crippen LogP contribution in [-0.2, 0) is 11.8 Å². The number of pyridine rings is 1. The minimum atomic E-state index is -0.656. The van der Waals surface area contributed by atoms with E-state index in [1.807, 2.05) is 40.9 Å². The van der Waals surface area contributed by atoms with Crippen LogP contribution in [0, 0.1) is 18.8 Å². The summed E-state index contributed by atoms with van der Waals surface area (Å²) in [6.07, 6.45) is 6.66. The van der Waals surface area contributed by atoms with Crippen molar-refractivity contribution in [2.45, 2.75) is 32.2 Å². The third kappa shape index (κ3) is 3.43. The lowest BCUT2D eigenvalue weighted by atomic mass is 9.72. The minimum absolute atomic E-state index is 0.194. The number of nitrogens with zero attached hydrogens (tertiary/aromatic N) is 6. The summed E-state index contributed by atoms with van der Waals surface area (Å²) in [7, 11) is 1.94. The summed E-state index contributed by atoms with van der Waals surface area (Å²) >= 11 is 0. The summed E-state index contributed by atoms with van der Waals surface area (Å²) in [5.41, 5.74) is 6.04. The summed E-state index contributed by atoms with van der Waals surface area (Å²) in [5.74, 6) is 0.224. The Labute approximate surface area is 214 Å². The first-order chi connectivity index (χ1) is 18.0. The minimum Gasteiger partial charge on any atom is -0.481 e. The highest BCUT2D eigenvalue weighted by Gasteiger charge is 2.44. The summed E-state index contributed by atoms with van der Waals surface area (Å²) in [6.45, 7) is 2.87. The molecule has 1 saturated carbocycles. The van der Waals surface area contributed by atoms with Gasteiger partial charge in [0.25, 0.3) is 0 Å². The molecule has 2 aliphatic heterocycles. The zero-order valence-corrected chi connectivity index (χ0v) is 20.9. The van der Waals surface area contributed by atoms with E-state index in [-0.39, 0.29) is 17.9 Å². The van der Waals surface area contributed by atoms with E-state index in [0.717, 1.165) is 69.5 Å². The van der Waals surface area contributed by atoms with E-state index in [1.165, 1.54) is 0 Å². The molecular formula is C29H28N6O2. The summed E-state index contributed by atoms with van der Waals surface area (Å²) in [5, 5.41) is 21.5. The normalized spacial score (nSPS) is 21.2. The van der Waals surface area contributed by atoms with E-state index < -0.39 is 5.97 Å². The first kappa shape index (κ1) is 22.0. The monoisotopic (exact) mass is 492 g/mol. The quantitative estimate of drug-likeness (QED) is 0.381. The van der Waals surface area contributed by atoms with Crippen LogP contribution in [0.15, 0.2) is 60.9 Å². The largest absolute Gasteiger partial charge is 0.481 e. The molecule has 8 heteroatoms. The molecule has 0 spiro atoms. The number of piperidine rings is 2. The van der Waals surface area contributed by atoms with Gasteiger partial charge in [0.2, 0.25) is 0 Å². The van der Waals surface area contributed by atoms with E-state index in [9.17, 15) is 9.90 Å². The molecule has 3 fully saturated rings. The standard InChI is InChI=1S/C29H28N6O2/c1-17-5-3-7-22-27(21-6-4-8-25-24(21)16-33(2)31-25)32-35(28(17)22)20-11-12-26(30-14-20)34-15-18-9-10-19(34)13-23(18)29(36)37/h3-8,11-12,14,16,18-19,23H,9-10,13,15H2,1-2H3,(H,36,37)/t18-,19?,23-/m0/s1. The Morgan fingerprint density at radius 1 is 1.03 bits per heavy atom. The van der Waals surface area contributed by atoms with E-state index in [0.29, 0.717) is 6.42 Å². The molecule has 3 aliphatic rings. The molecule has 5 aromatic rings. The van der Waals surface area contributed by atoms with Crippen LogP contribution in [0.5, 0.6) is 0 Å². The number of carbonyl (C=O) groups is 1. The van der Waals surface area contributed by atoms with Crippen LogP contribution in [0.25, 0.3) is 38.8 Å². The molecular weight excluding hydrogens is 464 g/mol. The maximum atomic E-state index is 11.7. The van der Waals surface area contributed by atoms with Crippen LogP contribution in [0.2, 0.25) is 0 Å². The van der Waals surface area contributed by atoms with E-state index in [1.54, 1.807) is 0 Å². The van der Waals surface area contributed by atoms with Crippen LogP contribution in [0.1, 0.15) is 24.8 Å². The van der Waals surface area contributed by atoms with Gasteiger partial charge in [0.05, 0.1) is 28.8 Å². The molecule has 3 atom stereocenters. The third-order valence-corrected chi connectivity index (χ3v) is 8.25. The summed E-state index contributed by atoms with van der Waals surface area (Å²) in [4.78, 5) is 18.8. The van der Waals surface area contributed by atoms with Gasteiger partial charge in [0.1, 0.15) is 11.5 Å². The molecule has 1 N–H and O–H groups in total. The van der Waals surface area contributed by atoms with Crippen molar-refractivity contribution in [3.63, 3.8) is 0 Å². The number of benzene rings is 2. The van der Waals surface area contributed by atoms with Gasteiger partial charge >= 0.3 is 5.97 Å². The van der Waals surface area contributed by atoms with Crippen molar-refractivity contribution < 1.29 is 9.90 Å². The van der Waals surface area contributed by atoms with Crippen LogP contribution >= 0.6 is 0 Å². The Kier molecular flexibility index (Phi) is 4.86. The molecule has 1 unspecified atom stereocenters. The topological polar surface area (TPSA) is 89.1 Å². The Balaban J connectivity index is 1.29. The Bertz CT molecular complexity index is 1670. The lowest BCUT2D eigenvalue weighted by molar-refractivity contribution is -0.146. The van der Waals surface area contributed by atoms with Gasteiger partial charge < -0.3 is 10.0 Å². The lowest BCUT2D eigenvalue weighted by Crippen LogP contribution is -2.54. The van der Waals surface area contributed by atoms with Crippen molar-refractivity contribution in [2.75, 3.05) is 11.4 Å². The predicted octanol–water partition coefficient (Wildman–Crippen LogP) is 4.97. The molecule has 2 aromatic carbocycles. The molecule has 0 amide bonds. The van der Waals surface area contributed by atoms with Gasteiger partial charge in [0.15, 0.2) is 0 Å². The van der Waals surface area contributed by atoms with Crippen molar-refractivity contribution >= 4 is 33.6 Å². The molecule has 0 radical (unpaired) electrons. The lowest BCUT2D eigenvalue weighted by Gasteiger charge is -2.48. The fourth-order valence-corrected chi connectivity index (χ4v) is 6.46.